The van der Waals surface area contributed by atoms with E-state index in [-0.39, 0.29) is 39.2 Å². The number of benzene rings is 1. The van der Waals surface area contributed by atoms with Crippen molar-refractivity contribution in [3.8, 4) is 0 Å². The monoisotopic (exact) mass is 560 g/mol. The average molecular weight is 562 g/mol. The van der Waals surface area contributed by atoms with Crippen LogP contribution < -0.4 is 4.90 Å². The van der Waals surface area contributed by atoms with E-state index in [4.69, 9.17) is 21.1 Å². The van der Waals surface area contributed by atoms with Crippen molar-refractivity contribution in [1.29, 1.82) is 0 Å². The number of anilines is 1. The molecule has 3 rings (SSSR count). The summed E-state index contributed by atoms with van der Waals surface area (Å²) in [6.07, 6.45) is 0.293. The topological polar surface area (TPSA) is 115 Å². The highest BCUT2D eigenvalue weighted by molar-refractivity contribution is 9.10. The smallest absolute Gasteiger partial charge is 0.410 e. The molecule has 13 heteroatoms. The first-order valence-electron chi connectivity index (χ1n) is 10.2. The Bertz CT molecular complexity index is 1170. The Kier molecular flexibility index (Phi) is 7.23. The van der Waals surface area contributed by atoms with E-state index >= 15 is 0 Å². The van der Waals surface area contributed by atoms with Crippen LogP contribution in [0.5, 0.6) is 0 Å². The minimum atomic E-state index is -1.14. The van der Waals surface area contributed by atoms with E-state index in [1.807, 2.05) is 0 Å². The first-order chi connectivity index (χ1) is 15.8. The van der Waals surface area contributed by atoms with E-state index in [2.05, 4.69) is 20.9 Å². The van der Waals surface area contributed by atoms with Crippen LogP contribution in [-0.2, 0) is 14.3 Å². The van der Waals surface area contributed by atoms with Crippen LogP contribution in [0.15, 0.2) is 16.7 Å². The molecule has 1 aliphatic heterocycles. The van der Waals surface area contributed by atoms with Crippen molar-refractivity contribution in [2.45, 2.75) is 45.4 Å². The largest absolute Gasteiger partial charge is 0.467 e. The fraction of sp³-hybridized carbons (Fsp3) is 0.476. The number of hydrogen-bond acceptors (Lipinski definition) is 8. The highest BCUT2D eigenvalue weighted by atomic mass is 79.9. The molecule has 1 amide bonds. The van der Waals surface area contributed by atoms with E-state index in [0.717, 1.165) is 6.20 Å². The van der Waals surface area contributed by atoms with Crippen LogP contribution in [0, 0.1) is 15.9 Å². The maximum absolute atomic E-state index is 14.9. The van der Waals surface area contributed by atoms with Crippen molar-refractivity contribution in [2.75, 3.05) is 25.1 Å². The molecule has 0 saturated carbocycles. The van der Waals surface area contributed by atoms with E-state index in [0.29, 0.717) is 0 Å². The lowest BCUT2D eigenvalue weighted by molar-refractivity contribution is -0.384. The van der Waals surface area contributed by atoms with Gasteiger partial charge in [0.2, 0.25) is 0 Å². The lowest BCUT2D eigenvalue weighted by Crippen LogP contribution is -2.62. The number of amides is 1. The Morgan fingerprint density at radius 2 is 2.00 bits per heavy atom. The van der Waals surface area contributed by atoms with Crippen molar-refractivity contribution >= 4 is 61.9 Å². The summed E-state index contributed by atoms with van der Waals surface area (Å²) in [6, 6.07) is -0.309. The summed E-state index contributed by atoms with van der Waals surface area (Å²) in [5, 5.41) is 11.9. The molecule has 2 heterocycles. The standard InChI is InChI=1S/C21H23BrClFN4O6/c1-10-8-27(14(19(29)33-5)9-26(10)20(30)34-21(2,3)4)18-11-6-12(23)15(22)16(24)17(11)25-7-13(18)28(31)32/h6-7,10,14H,8-9H2,1-5H3/t10-,14-/m1/s1. The number of carbonyl (C=O) groups is 2. The molecule has 0 spiro atoms. The van der Waals surface area contributed by atoms with Gasteiger partial charge in [-0.3, -0.25) is 10.1 Å². The molecule has 0 unspecified atom stereocenters. The lowest BCUT2D eigenvalue weighted by Gasteiger charge is -2.44. The maximum atomic E-state index is 14.9. The van der Waals surface area contributed by atoms with Crippen LogP contribution in [0.25, 0.3) is 10.9 Å². The van der Waals surface area contributed by atoms with Gasteiger partial charge in [0.25, 0.3) is 0 Å². The van der Waals surface area contributed by atoms with E-state index in [1.165, 1.54) is 23.0 Å². The van der Waals surface area contributed by atoms with E-state index in [1.54, 1.807) is 27.7 Å². The van der Waals surface area contributed by atoms with Crippen molar-refractivity contribution in [3.63, 3.8) is 0 Å². The summed E-state index contributed by atoms with van der Waals surface area (Å²) in [7, 11) is 1.17. The van der Waals surface area contributed by atoms with Crippen LogP contribution >= 0.6 is 27.5 Å². The van der Waals surface area contributed by atoms with Crippen LogP contribution in [0.3, 0.4) is 0 Å². The van der Waals surface area contributed by atoms with Crippen LogP contribution in [0.4, 0.5) is 20.6 Å². The van der Waals surface area contributed by atoms with Gasteiger partial charge in [0, 0.05) is 18.0 Å². The molecule has 1 aromatic heterocycles. The summed E-state index contributed by atoms with van der Waals surface area (Å²) in [5.41, 5.74) is -1.43. The van der Waals surface area contributed by atoms with Gasteiger partial charge in [-0.25, -0.2) is 19.0 Å². The van der Waals surface area contributed by atoms with E-state index in [9.17, 15) is 24.1 Å². The van der Waals surface area contributed by atoms with Crippen LogP contribution in [0.2, 0.25) is 5.02 Å². The van der Waals surface area contributed by atoms with Gasteiger partial charge in [0.05, 0.1) is 28.1 Å². The Hall–Kier alpha value is -2.73. The predicted molar refractivity (Wildman–Crippen MR) is 127 cm³/mol. The molecule has 1 fully saturated rings. The molecular formula is C21H23BrClFN4O6. The zero-order valence-corrected chi connectivity index (χ0v) is 21.4. The number of methoxy groups -OCH3 is 1. The first-order valence-corrected chi connectivity index (χ1v) is 11.4. The molecular weight excluding hydrogens is 539 g/mol. The number of aromatic nitrogens is 1. The van der Waals surface area contributed by atoms with Crippen molar-refractivity contribution in [1.82, 2.24) is 9.88 Å². The predicted octanol–water partition coefficient (Wildman–Crippen LogP) is 4.69. The Morgan fingerprint density at radius 3 is 2.56 bits per heavy atom. The summed E-state index contributed by atoms with van der Waals surface area (Å²) in [4.78, 5) is 43.5. The molecule has 2 aromatic rings. The molecule has 1 aromatic carbocycles. The molecule has 1 aliphatic rings. The Morgan fingerprint density at radius 1 is 1.35 bits per heavy atom. The summed E-state index contributed by atoms with van der Waals surface area (Å²) in [5.74, 6) is -1.53. The number of esters is 1. The molecule has 0 N–H and O–H groups in total. The number of pyridine rings is 1. The fourth-order valence-electron chi connectivity index (χ4n) is 3.79. The van der Waals surface area contributed by atoms with Crippen LogP contribution in [-0.4, -0.2) is 64.8 Å². The van der Waals surface area contributed by atoms with Gasteiger partial charge in [0.1, 0.15) is 29.0 Å². The van der Waals surface area contributed by atoms with Gasteiger partial charge in [-0.2, -0.15) is 0 Å². The van der Waals surface area contributed by atoms with Crippen molar-refractivity contribution in [3.05, 3.63) is 37.7 Å². The number of nitro groups is 1. The van der Waals surface area contributed by atoms with Gasteiger partial charge in [-0.15, -0.1) is 0 Å². The highest BCUT2D eigenvalue weighted by Crippen LogP contribution is 2.42. The van der Waals surface area contributed by atoms with Crippen molar-refractivity contribution < 1.29 is 28.4 Å². The third kappa shape index (κ3) is 4.88. The molecule has 34 heavy (non-hydrogen) atoms. The maximum Gasteiger partial charge on any atom is 0.410 e. The number of hydrogen-bond donors (Lipinski definition) is 0. The molecule has 2 atom stereocenters. The molecule has 0 bridgehead atoms. The molecule has 10 nitrogen and oxygen atoms in total. The third-order valence-electron chi connectivity index (χ3n) is 5.27. The van der Waals surface area contributed by atoms with Gasteiger partial charge < -0.3 is 19.3 Å². The second-order valence-electron chi connectivity index (χ2n) is 8.80. The fourth-order valence-corrected chi connectivity index (χ4v) is 4.28. The van der Waals surface area contributed by atoms with Crippen molar-refractivity contribution in [2.24, 2.45) is 0 Å². The highest BCUT2D eigenvalue weighted by Gasteiger charge is 2.43. The lowest BCUT2D eigenvalue weighted by atomic mass is 10.0. The minimum Gasteiger partial charge on any atom is -0.467 e. The zero-order valence-electron chi connectivity index (χ0n) is 19.1. The van der Waals surface area contributed by atoms with Gasteiger partial charge in [-0.05, 0) is 49.7 Å². The number of halogens is 3. The minimum absolute atomic E-state index is 0.00569. The SMILES string of the molecule is COC(=O)[C@H]1CN(C(=O)OC(C)(C)C)[C@H](C)CN1c1c([N+](=O)[O-])cnc2c(F)c(Br)c(Cl)cc12. The normalized spacial score (nSPS) is 18.7. The first kappa shape index (κ1) is 25.9. The zero-order chi connectivity index (χ0) is 25.5. The Labute approximate surface area is 208 Å². The number of carbonyl (C=O) groups excluding carboxylic acids is 2. The number of ether oxygens (including phenoxy) is 2. The number of piperazine rings is 1. The average Bonchev–Trinajstić information content (AvgIpc) is 2.74. The van der Waals surface area contributed by atoms with Gasteiger partial charge in [0.15, 0.2) is 5.82 Å². The summed E-state index contributed by atoms with van der Waals surface area (Å²) in [6.45, 7) is 6.68. The quantitative estimate of drug-likeness (QED) is 0.230. The van der Waals surface area contributed by atoms with Crippen LogP contribution in [0.1, 0.15) is 27.7 Å². The summed E-state index contributed by atoms with van der Waals surface area (Å²) < 4.78 is 25.3. The third-order valence-corrected chi connectivity index (χ3v) is 6.58. The second kappa shape index (κ2) is 9.49. The van der Waals surface area contributed by atoms with Gasteiger partial charge in [-0.1, -0.05) is 11.6 Å². The second-order valence-corrected chi connectivity index (χ2v) is 10.0. The summed E-state index contributed by atoms with van der Waals surface area (Å²) >= 11 is 9.20. The van der Waals surface area contributed by atoms with Gasteiger partial charge >= 0.3 is 17.7 Å². The number of nitrogens with zero attached hydrogens (tertiary/aromatic N) is 4. The number of fused-ring (bicyclic) bond motifs is 1. The molecule has 0 radical (unpaired) electrons. The van der Waals surface area contributed by atoms with E-state index < -0.39 is 46.2 Å². The Balaban J connectivity index is 2.20. The number of rotatable bonds is 3. The molecule has 1 saturated heterocycles. The molecule has 0 aliphatic carbocycles. The molecule has 184 valence electrons.